The van der Waals surface area contributed by atoms with Crippen molar-refractivity contribution in [1.29, 1.82) is 0 Å². The largest absolute Gasteiger partial charge is 0.371 e. The molecule has 2 N–H and O–H groups in total. The first-order valence-electron chi connectivity index (χ1n) is 7.45. The zero-order valence-electron chi connectivity index (χ0n) is 12.5. The van der Waals surface area contributed by atoms with Crippen molar-refractivity contribution in [2.24, 2.45) is 0 Å². The summed E-state index contributed by atoms with van der Waals surface area (Å²) in [6, 6.07) is 7.52. The molecule has 0 bridgehead atoms. The van der Waals surface area contributed by atoms with E-state index in [1.807, 2.05) is 24.3 Å². The van der Waals surface area contributed by atoms with Crippen LogP contribution in [0.5, 0.6) is 0 Å². The first-order valence-corrected chi connectivity index (χ1v) is 7.45. The molecule has 1 aromatic carbocycles. The van der Waals surface area contributed by atoms with E-state index in [0.29, 0.717) is 32.4 Å². The summed E-state index contributed by atoms with van der Waals surface area (Å²) in [5.41, 5.74) is 1.31. The van der Waals surface area contributed by atoms with Gasteiger partial charge in [-0.1, -0.05) is 12.1 Å². The zero-order chi connectivity index (χ0) is 15.7. The molecule has 0 unspecified atom stereocenters. The Morgan fingerprint density at radius 2 is 2.00 bits per heavy atom. The van der Waals surface area contributed by atoms with Gasteiger partial charge >= 0.3 is 6.03 Å². The molecule has 0 saturated carbocycles. The molecular formula is C16H19N3O3. The van der Waals surface area contributed by atoms with Crippen molar-refractivity contribution in [1.82, 2.24) is 10.6 Å². The SMILES string of the molecule is CC(=O)Cc1cccc(N2CCC3(CC2)NC(=O)NC3=O)c1. The van der Waals surface area contributed by atoms with E-state index < -0.39 is 11.6 Å². The van der Waals surface area contributed by atoms with Crippen LogP contribution in [0.4, 0.5) is 10.5 Å². The molecule has 2 fully saturated rings. The van der Waals surface area contributed by atoms with Gasteiger partial charge in [-0.15, -0.1) is 0 Å². The van der Waals surface area contributed by atoms with E-state index in [1.54, 1.807) is 6.92 Å². The van der Waals surface area contributed by atoms with Crippen LogP contribution in [0.15, 0.2) is 24.3 Å². The predicted molar refractivity (Wildman–Crippen MR) is 81.7 cm³/mol. The second kappa shape index (κ2) is 5.44. The molecule has 3 amide bonds. The van der Waals surface area contributed by atoms with Gasteiger partial charge in [-0.3, -0.25) is 14.9 Å². The molecule has 0 aliphatic carbocycles. The number of anilines is 1. The molecule has 2 saturated heterocycles. The monoisotopic (exact) mass is 301 g/mol. The third-order valence-electron chi connectivity index (χ3n) is 4.36. The normalized spacial score (nSPS) is 20.0. The minimum atomic E-state index is -0.745. The summed E-state index contributed by atoms with van der Waals surface area (Å²) in [6.45, 7) is 2.97. The van der Waals surface area contributed by atoms with Crippen molar-refractivity contribution >= 4 is 23.4 Å². The van der Waals surface area contributed by atoms with Gasteiger partial charge in [0, 0.05) is 25.2 Å². The Morgan fingerprint density at radius 3 is 2.59 bits per heavy atom. The highest BCUT2D eigenvalue weighted by Gasteiger charge is 2.47. The van der Waals surface area contributed by atoms with Crippen molar-refractivity contribution in [2.75, 3.05) is 18.0 Å². The Hall–Kier alpha value is -2.37. The van der Waals surface area contributed by atoms with Crippen LogP contribution >= 0.6 is 0 Å². The molecule has 2 aliphatic rings. The Bertz CT molecular complexity index is 633. The van der Waals surface area contributed by atoms with Gasteiger partial charge in [-0.25, -0.2) is 4.79 Å². The molecule has 0 atom stereocenters. The quantitative estimate of drug-likeness (QED) is 0.816. The van der Waals surface area contributed by atoms with Gasteiger partial charge in [0.05, 0.1) is 0 Å². The fourth-order valence-corrected chi connectivity index (χ4v) is 3.18. The van der Waals surface area contributed by atoms with Crippen molar-refractivity contribution in [3.8, 4) is 0 Å². The predicted octanol–water partition coefficient (Wildman–Crippen LogP) is 0.996. The number of Topliss-reactive ketones (excluding diaryl/α,β-unsaturated/α-hetero) is 1. The number of urea groups is 1. The fourth-order valence-electron chi connectivity index (χ4n) is 3.18. The molecule has 2 aliphatic heterocycles. The molecule has 1 aromatic rings. The Kier molecular flexibility index (Phi) is 3.60. The maximum Gasteiger partial charge on any atom is 0.322 e. The number of ketones is 1. The topological polar surface area (TPSA) is 78.5 Å². The number of piperidine rings is 1. The summed E-state index contributed by atoms with van der Waals surface area (Å²) in [6.07, 6.45) is 1.60. The number of carbonyl (C=O) groups is 3. The summed E-state index contributed by atoms with van der Waals surface area (Å²) < 4.78 is 0. The fraction of sp³-hybridized carbons (Fsp3) is 0.438. The van der Waals surface area contributed by atoms with Crippen molar-refractivity contribution in [3.05, 3.63) is 29.8 Å². The van der Waals surface area contributed by atoms with Gasteiger partial charge in [-0.05, 0) is 37.5 Å². The third kappa shape index (κ3) is 2.68. The number of carbonyl (C=O) groups excluding carboxylic acids is 3. The number of imide groups is 1. The number of hydrogen-bond donors (Lipinski definition) is 2. The second-order valence-corrected chi connectivity index (χ2v) is 6.03. The molecule has 116 valence electrons. The number of nitrogens with zero attached hydrogens (tertiary/aromatic N) is 1. The highest BCUT2D eigenvalue weighted by molar-refractivity contribution is 6.07. The van der Waals surface area contributed by atoms with Crippen molar-refractivity contribution < 1.29 is 14.4 Å². The highest BCUT2D eigenvalue weighted by Crippen LogP contribution is 2.29. The lowest BCUT2D eigenvalue weighted by molar-refractivity contribution is -0.124. The summed E-state index contributed by atoms with van der Waals surface area (Å²) in [7, 11) is 0. The van der Waals surface area contributed by atoms with Crippen LogP contribution in [0.3, 0.4) is 0 Å². The van der Waals surface area contributed by atoms with E-state index in [0.717, 1.165) is 11.3 Å². The highest BCUT2D eigenvalue weighted by atomic mass is 16.2. The van der Waals surface area contributed by atoms with Crippen molar-refractivity contribution in [2.45, 2.75) is 31.7 Å². The Balaban J connectivity index is 1.70. The van der Waals surface area contributed by atoms with Crippen LogP contribution in [-0.2, 0) is 16.0 Å². The standard InChI is InChI=1S/C16H19N3O3/c1-11(20)9-12-3-2-4-13(10-12)19-7-5-16(6-8-19)14(21)17-15(22)18-16/h2-4,10H,5-9H2,1H3,(H2,17,18,21,22). The average Bonchev–Trinajstić information content (AvgIpc) is 2.73. The van der Waals surface area contributed by atoms with E-state index in [9.17, 15) is 14.4 Å². The molecule has 0 aromatic heterocycles. The lowest BCUT2D eigenvalue weighted by Crippen LogP contribution is -2.54. The number of benzene rings is 1. The summed E-state index contributed by atoms with van der Waals surface area (Å²) in [5, 5.41) is 5.08. The maximum absolute atomic E-state index is 11.9. The van der Waals surface area contributed by atoms with Gasteiger partial charge in [0.2, 0.25) is 0 Å². The first-order chi connectivity index (χ1) is 10.5. The molecule has 3 rings (SSSR count). The Morgan fingerprint density at radius 1 is 1.27 bits per heavy atom. The van der Waals surface area contributed by atoms with Crippen LogP contribution in [0.2, 0.25) is 0 Å². The number of nitrogens with one attached hydrogen (secondary N) is 2. The maximum atomic E-state index is 11.9. The summed E-state index contributed by atoms with van der Waals surface area (Å²) >= 11 is 0. The number of amides is 3. The minimum Gasteiger partial charge on any atom is -0.371 e. The molecule has 1 spiro atoms. The van der Waals surface area contributed by atoms with Crippen LogP contribution in [0.1, 0.15) is 25.3 Å². The second-order valence-electron chi connectivity index (χ2n) is 6.03. The van der Waals surface area contributed by atoms with E-state index in [1.165, 1.54) is 0 Å². The molecule has 0 radical (unpaired) electrons. The van der Waals surface area contributed by atoms with Crippen LogP contribution in [-0.4, -0.2) is 36.3 Å². The first kappa shape index (κ1) is 14.6. The van der Waals surface area contributed by atoms with Gasteiger partial charge in [0.15, 0.2) is 0 Å². The molecule has 2 heterocycles. The lowest BCUT2D eigenvalue weighted by atomic mass is 9.87. The smallest absolute Gasteiger partial charge is 0.322 e. The van der Waals surface area contributed by atoms with Crippen LogP contribution in [0, 0.1) is 0 Å². The van der Waals surface area contributed by atoms with Gasteiger partial charge < -0.3 is 10.2 Å². The average molecular weight is 301 g/mol. The van der Waals surface area contributed by atoms with Crippen LogP contribution in [0.25, 0.3) is 0 Å². The van der Waals surface area contributed by atoms with E-state index in [2.05, 4.69) is 15.5 Å². The zero-order valence-corrected chi connectivity index (χ0v) is 12.5. The summed E-state index contributed by atoms with van der Waals surface area (Å²) in [4.78, 5) is 36.7. The minimum absolute atomic E-state index is 0.139. The van der Waals surface area contributed by atoms with Gasteiger partial charge in [0.25, 0.3) is 5.91 Å². The number of hydrogen-bond acceptors (Lipinski definition) is 4. The third-order valence-corrected chi connectivity index (χ3v) is 4.36. The Labute approximate surface area is 128 Å². The van der Waals surface area contributed by atoms with Gasteiger partial charge in [0.1, 0.15) is 11.3 Å². The van der Waals surface area contributed by atoms with Crippen LogP contribution < -0.4 is 15.5 Å². The molecule has 6 heteroatoms. The van der Waals surface area contributed by atoms with E-state index in [4.69, 9.17) is 0 Å². The molecule has 6 nitrogen and oxygen atoms in total. The molecular weight excluding hydrogens is 282 g/mol. The number of rotatable bonds is 3. The van der Waals surface area contributed by atoms with Gasteiger partial charge in [-0.2, -0.15) is 0 Å². The lowest BCUT2D eigenvalue weighted by Gasteiger charge is -2.38. The molecule has 22 heavy (non-hydrogen) atoms. The summed E-state index contributed by atoms with van der Waals surface area (Å²) in [5.74, 6) is -0.0810. The van der Waals surface area contributed by atoms with Crippen molar-refractivity contribution in [3.63, 3.8) is 0 Å². The van der Waals surface area contributed by atoms with E-state index in [-0.39, 0.29) is 11.7 Å². The van der Waals surface area contributed by atoms with E-state index >= 15 is 0 Å².